The molecule has 0 spiro atoms. The van der Waals surface area contributed by atoms with Crippen LogP contribution in [0.5, 0.6) is 17.4 Å². The second-order valence-corrected chi connectivity index (χ2v) is 10.5. The molecule has 39 heavy (non-hydrogen) atoms. The summed E-state index contributed by atoms with van der Waals surface area (Å²) in [6.45, 7) is 8.72. The quantitative estimate of drug-likeness (QED) is 0.258. The van der Waals surface area contributed by atoms with Gasteiger partial charge in [0.05, 0.1) is 0 Å². The maximum absolute atomic E-state index is 10.5. The summed E-state index contributed by atoms with van der Waals surface area (Å²) in [6.07, 6.45) is 0. The Morgan fingerprint density at radius 3 is 2.33 bits per heavy atom. The van der Waals surface area contributed by atoms with E-state index in [2.05, 4.69) is 62.2 Å². The molecule has 1 aromatic heterocycles. The van der Waals surface area contributed by atoms with Gasteiger partial charge in [0.25, 0.3) is 0 Å². The highest BCUT2D eigenvalue weighted by atomic mass is 16.5. The van der Waals surface area contributed by atoms with Crippen LogP contribution >= 0.6 is 0 Å². The Morgan fingerprint density at radius 2 is 1.56 bits per heavy atom. The van der Waals surface area contributed by atoms with Gasteiger partial charge >= 0.3 is 0 Å². The summed E-state index contributed by atoms with van der Waals surface area (Å²) in [5, 5.41) is 11.3. The van der Waals surface area contributed by atoms with Crippen LogP contribution in [0.25, 0.3) is 22.0 Å². The second-order valence-electron chi connectivity index (χ2n) is 10.5. The van der Waals surface area contributed by atoms with Crippen LogP contribution in [-0.2, 0) is 10.3 Å². The Hall–Kier alpha value is -4.64. The molecule has 6 rings (SSSR count). The van der Waals surface area contributed by atoms with Gasteiger partial charge in [0.2, 0.25) is 11.8 Å². The smallest absolute Gasteiger partial charge is 0.219 e. The molecule has 1 aliphatic heterocycles. The van der Waals surface area contributed by atoms with Gasteiger partial charge in [0.1, 0.15) is 29.2 Å². The number of aliphatic imine (C=N–C) groups is 1. The first-order valence-electron chi connectivity index (χ1n) is 13.1. The first-order chi connectivity index (χ1) is 18.8. The lowest BCUT2D eigenvalue weighted by Gasteiger charge is -2.18. The van der Waals surface area contributed by atoms with E-state index in [4.69, 9.17) is 14.5 Å². The van der Waals surface area contributed by atoms with E-state index in [1.54, 1.807) is 6.07 Å². The van der Waals surface area contributed by atoms with Gasteiger partial charge in [-0.25, -0.2) is 9.98 Å². The molecule has 0 unspecified atom stereocenters. The molecule has 194 valence electrons. The Bertz CT molecular complexity index is 1720. The molecule has 0 bridgehead atoms. The number of benzene rings is 4. The fraction of sp³-hybridized carbons (Fsp3) is 0.176. The Balaban J connectivity index is 1.45. The van der Waals surface area contributed by atoms with E-state index in [-0.39, 0.29) is 5.75 Å². The molecule has 1 aliphatic rings. The highest BCUT2D eigenvalue weighted by Crippen LogP contribution is 2.37. The standard InChI is InChI=1S/C34H30N2O3/c1-21-15-24-13-14-30(35-32(24)29(37)16-21)39-28-18-25(31-22(2)9-8-10-23(31)3)17-26(19-28)33-36-34(4,20-38-33)27-11-6-5-7-12-27/h5-19,37H,20H2,1-4H3/t34-/m1/s1. The minimum Gasteiger partial charge on any atom is -0.506 e. The van der Waals surface area contributed by atoms with E-state index in [0.29, 0.717) is 29.7 Å². The topological polar surface area (TPSA) is 63.9 Å². The number of ether oxygens (including phenoxy) is 2. The maximum atomic E-state index is 10.5. The average Bonchev–Trinajstić information content (AvgIpc) is 3.33. The summed E-state index contributed by atoms with van der Waals surface area (Å²) in [7, 11) is 0. The Morgan fingerprint density at radius 1 is 0.821 bits per heavy atom. The first kappa shape index (κ1) is 24.7. The minimum atomic E-state index is -0.470. The number of aromatic nitrogens is 1. The molecule has 5 heteroatoms. The normalized spacial score (nSPS) is 16.7. The Labute approximate surface area is 228 Å². The third kappa shape index (κ3) is 4.72. The van der Waals surface area contributed by atoms with Crippen molar-refractivity contribution in [1.29, 1.82) is 0 Å². The van der Waals surface area contributed by atoms with Gasteiger partial charge in [-0.1, -0.05) is 48.5 Å². The van der Waals surface area contributed by atoms with Crippen LogP contribution in [0.3, 0.4) is 0 Å². The number of aryl methyl sites for hydroxylation is 3. The zero-order valence-electron chi connectivity index (χ0n) is 22.5. The summed E-state index contributed by atoms with van der Waals surface area (Å²) in [6, 6.07) is 30.0. The summed E-state index contributed by atoms with van der Waals surface area (Å²) in [5.41, 5.74) is 7.46. The Kier molecular flexibility index (Phi) is 6.07. The van der Waals surface area contributed by atoms with E-state index < -0.39 is 5.54 Å². The number of hydrogen-bond acceptors (Lipinski definition) is 5. The highest BCUT2D eigenvalue weighted by molar-refractivity contribution is 5.97. The van der Waals surface area contributed by atoms with Gasteiger partial charge in [-0.2, -0.15) is 0 Å². The lowest BCUT2D eigenvalue weighted by atomic mass is 9.94. The molecule has 5 aromatic rings. The zero-order valence-corrected chi connectivity index (χ0v) is 22.5. The van der Waals surface area contributed by atoms with Gasteiger partial charge in [0, 0.05) is 17.0 Å². The molecule has 0 amide bonds. The molecule has 0 aliphatic carbocycles. The number of pyridine rings is 1. The molecule has 5 nitrogen and oxygen atoms in total. The molecule has 4 aromatic carbocycles. The van der Waals surface area contributed by atoms with Crippen molar-refractivity contribution in [3.8, 4) is 28.5 Å². The molecule has 1 atom stereocenters. The number of aromatic hydroxyl groups is 1. The van der Waals surface area contributed by atoms with Crippen molar-refractivity contribution in [3.63, 3.8) is 0 Å². The van der Waals surface area contributed by atoms with Gasteiger partial charge in [-0.05, 0) is 97.5 Å². The molecule has 1 N–H and O–H groups in total. The van der Waals surface area contributed by atoms with Crippen molar-refractivity contribution in [1.82, 2.24) is 4.98 Å². The summed E-state index contributed by atoms with van der Waals surface area (Å²) >= 11 is 0. The predicted molar refractivity (Wildman–Crippen MR) is 156 cm³/mol. The van der Waals surface area contributed by atoms with Crippen molar-refractivity contribution in [3.05, 3.63) is 119 Å². The van der Waals surface area contributed by atoms with Crippen molar-refractivity contribution in [2.75, 3.05) is 6.61 Å². The maximum Gasteiger partial charge on any atom is 0.219 e. The molecule has 0 radical (unpaired) electrons. The van der Waals surface area contributed by atoms with E-state index >= 15 is 0 Å². The van der Waals surface area contributed by atoms with Crippen LogP contribution in [0.4, 0.5) is 0 Å². The van der Waals surface area contributed by atoms with Crippen molar-refractivity contribution in [2.24, 2.45) is 4.99 Å². The summed E-state index contributed by atoms with van der Waals surface area (Å²) in [4.78, 5) is 9.64. The number of fused-ring (bicyclic) bond motifs is 1. The van der Waals surface area contributed by atoms with E-state index in [0.717, 1.165) is 33.2 Å². The number of nitrogens with zero attached hydrogens (tertiary/aromatic N) is 2. The fourth-order valence-electron chi connectivity index (χ4n) is 5.31. The third-order valence-corrected chi connectivity index (χ3v) is 7.27. The lowest BCUT2D eigenvalue weighted by molar-refractivity contribution is 0.269. The van der Waals surface area contributed by atoms with Crippen molar-refractivity contribution in [2.45, 2.75) is 33.2 Å². The average molecular weight is 515 g/mol. The van der Waals surface area contributed by atoms with Gasteiger partial charge in [-0.3, -0.25) is 0 Å². The zero-order chi connectivity index (χ0) is 27.1. The van der Waals surface area contributed by atoms with Gasteiger partial charge in [0.15, 0.2) is 0 Å². The molecule has 2 heterocycles. The lowest BCUT2D eigenvalue weighted by Crippen LogP contribution is -2.20. The van der Waals surface area contributed by atoms with E-state index in [1.165, 1.54) is 11.1 Å². The largest absolute Gasteiger partial charge is 0.506 e. The fourth-order valence-corrected chi connectivity index (χ4v) is 5.31. The van der Waals surface area contributed by atoms with E-state index in [9.17, 15) is 5.11 Å². The number of phenols is 1. The third-order valence-electron chi connectivity index (χ3n) is 7.27. The molecule has 0 fully saturated rings. The summed E-state index contributed by atoms with van der Waals surface area (Å²) < 4.78 is 12.5. The van der Waals surface area contributed by atoms with Crippen LogP contribution < -0.4 is 4.74 Å². The molecular weight excluding hydrogens is 484 g/mol. The predicted octanol–water partition coefficient (Wildman–Crippen LogP) is 8.02. The SMILES string of the molecule is Cc1cc(O)c2nc(Oc3cc(C4=N[C@@](C)(c5ccccc5)CO4)cc(-c4c(C)cccc4C)c3)ccc2c1. The van der Waals surface area contributed by atoms with Crippen LogP contribution in [-0.4, -0.2) is 22.6 Å². The second kappa shape index (κ2) is 9.59. The molecular formula is C34H30N2O3. The van der Waals surface area contributed by atoms with Gasteiger partial charge in [-0.15, -0.1) is 0 Å². The monoisotopic (exact) mass is 514 g/mol. The number of rotatable bonds is 5. The summed E-state index contributed by atoms with van der Waals surface area (Å²) in [5.74, 6) is 1.73. The number of hydrogen-bond donors (Lipinski definition) is 1. The van der Waals surface area contributed by atoms with Crippen LogP contribution in [0.15, 0.2) is 96.0 Å². The van der Waals surface area contributed by atoms with Gasteiger partial charge < -0.3 is 14.6 Å². The highest BCUT2D eigenvalue weighted by Gasteiger charge is 2.34. The van der Waals surface area contributed by atoms with Crippen LogP contribution in [0.2, 0.25) is 0 Å². The van der Waals surface area contributed by atoms with Crippen LogP contribution in [0, 0.1) is 20.8 Å². The number of phenolic OH excluding ortho intramolecular Hbond substituents is 1. The molecule has 0 saturated carbocycles. The van der Waals surface area contributed by atoms with Crippen molar-refractivity contribution >= 4 is 16.8 Å². The van der Waals surface area contributed by atoms with Crippen molar-refractivity contribution < 1.29 is 14.6 Å². The minimum absolute atomic E-state index is 0.134. The van der Waals surface area contributed by atoms with Crippen LogP contribution in [0.1, 0.15) is 34.7 Å². The molecule has 0 saturated heterocycles. The first-order valence-corrected chi connectivity index (χ1v) is 13.1. The van der Waals surface area contributed by atoms with E-state index in [1.807, 2.05) is 55.5 Å².